The zero-order valence-corrected chi connectivity index (χ0v) is 14.8. The molecule has 1 heteroatoms. The Kier molecular flexibility index (Phi) is 4.95. The molecule has 0 bridgehead atoms. The lowest BCUT2D eigenvalue weighted by atomic mass is 9.77. The standard InChI is InChI=1S/C21H29N/c1-15(2)17-7-9-18(10-8-17)21(5,6)19-11-13-20(14-12-19)22-16(3)4/h7-16,22H,1-6H3. The van der Waals surface area contributed by atoms with E-state index >= 15 is 0 Å². The highest BCUT2D eigenvalue weighted by molar-refractivity contribution is 5.48. The summed E-state index contributed by atoms with van der Waals surface area (Å²) in [5.74, 6) is 0.582. The SMILES string of the molecule is CC(C)Nc1ccc(C(C)(C)c2ccc(C(C)C)cc2)cc1. The smallest absolute Gasteiger partial charge is 0.0342 e. The fraction of sp³-hybridized carbons (Fsp3) is 0.429. The first kappa shape index (κ1) is 16.6. The van der Waals surface area contributed by atoms with E-state index in [4.69, 9.17) is 0 Å². The lowest BCUT2D eigenvalue weighted by Gasteiger charge is -2.27. The molecular formula is C21H29N. The fourth-order valence-electron chi connectivity index (χ4n) is 2.77. The first-order chi connectivity index (χ1) is 10.3. The molecule has 0 saturated carbocycles. The van der Waals surface area contributed by atoms with E-state index in [0.29, 0.717) is 12.0 Å². The second-order valence-corrected chi connectivity index (χ2v) is 7.28. The molecule has 0 aliphatic carbocycles. The number of benzene rings is 2. The van der Waals surface area contributed by atoms with Crippen LogP contribution in [0.2, 0.25) is 0 Å². The van der Waals surface area contributed by atoms with E-state index in [1.54, 1.807) is 0 Å². The van der Waals surface area contributed by atoms with Crippen molar-refractivity contribution in [3.63, 3.8) is 0 Å². The summed E-state index contributed by atoms with van der Waals surface area (Å²) in [7, 11) is 0. The topological polar surface area (TPSA) is 12.0 Å². The minimum Gasteiger partial charge on any atom is -0.383 e. The van der Waals surface area contributed by atoms with Gasteiger partial charge in [-0.3, -0.25) is 0 Å². The van der Waals surface area contributed by atoms with Crippen LogP contribution in [0.3, 0.4) is 0 Å². The first-order valence-corrected chi connectivity index (χ1v) is 8.28. The maximum atomic E-state index is 3.44. The highest BCUT2D eigenvalue weighted by Crippen LogP contribution is 2.32. The summed E-state index contributed by atoms with van der Waals surface area (Å²) < 4.78 is 0. The van der Waals surface area contributed by atoms with Gasteiger partial charge in [0.25, 0.3) is 0 Å². The molecule has 0 unspecified atom stereocenters. The molecule has 2 aromatic carbocycles. The van der Waals surface area contributed by atoms with Crippen LogP contribution >= 0.6 is 0 Å². The van der Waals surface area contributed by atoms with Crippen LogP contribution in [0, 0.1) is 0 Å². The summed E-state index contributed by atoms with van der Waals surface area (Å²) in [5, 5.41) is 3.44. The molecule has 1 nitrogen and oxygen atoms in total. The quantitative estimate of drug-likeness (QED) is 0.718. The van der Waals surface area contributed by atoms with Crippen molar-refractivity contribution < 1.29 is 0 Å². The van der Waals surface area contributed by atoms with Gasteiger partial charge in [0.15, 0.2) is 0 Å². The van der Waals surface area contributed by atoms with Crippen molar-refractivity contribution in [1.29, 1.82) is 0 Å². The van der Waals surface area contributed by atoms with Crippen LogP contribution in [0.5, 0.6) is 0 Å². The Morgan fingerprint density at radius 2 is 1.18 bits per heavy atom. The van der Waals surface area contributed by atoms with Crippen molar-refractivity contribution in [3.05, 3.63) is 65.2 Å². The monoisotopic (exact) mass is 295 g/mol. The van der Waals surface area contributed by atoms with Crippen LogP contribution < -0.4 is 5.32 Å². The maximum absolute atomic E-state index is 3.44. The molecule has 0 aliphatic rings. The molecule has 2 aromatic rings. The van der Waals surface area contributed by atoms with E-state index < -0.39 is 0 Å². The Bertz CT molecular complexity index is 589. The Balaban J connectivity index is 2.25. The minimum absolute atomic E-state index is 0.0197. The molecular weight excluding hydrogens is 266 g/mol. The number of hydrogen-bond acceptors (Lipinski definition) is 1. The molecule has 1 N–H and O–H groups in total. The van der Waals surface area contributed by atoms with Gasteiger partial charge in [0, 0.05) is 17.1 Å². The summed E-state index contributed by atoms with van der Waals surface area (Å²) in [4.78, 5) is 0. The molecule has 118 valence electrons. The lowest BCUT2D eigenvalue weighted by molar-refractivity contribution is 0.640. The molecule has 0 radical (unpaired) electrons. The predicted molar refractivity (Wildman–Crippen MR) is 97.9 cm³/mol. The molecule has 0 atom stereocenters. The summed E-state index contributed by atoms with van der Waals surface area (Å²) in [5.41, 5.74) is 5.31. The van der Waals surface area contributed by atoms with E-state index in [0.717, 1.165) is 0 Å². The summed E-state index contributed by atoms with van der Waals surface area (Å²) in [6.07, 6.45) is 0. The number of hydrogen-bond donors (Lipinski definition) is 1. The third-order valence-electron chi connectivity index (χ3n) is 4.36. The van der Waals surface area contributed by atoms with Gasteiger partial charge < -0.3 is 5.32 Å². The van der Waals surface area contributed by atoms with Gasteiger partial charge in [-0.2, -0.15) is 0 Å². The molecule has 2 rings (SSSR count). The third kappa shape index (κ3) is 3.71. The van der Waals surface area contributed by atoms with Gasteiger partial charge in [-0.1, -0.05) is 64.1 Å². The van der Waals surface area contributed by atoms with E-state index in [9.17, 15) is 0 Å². The predicted octanol–water partition coefficient (Wildman–Crippen LogP) is 5.96. The van der Waals surface area contributed by atoms with Crippen LogP contribution in [0.25, 0.3) is 0 Å². The lowest BCUT2D eigenvalue weighted by Crippen LogP contribution is -2.19. The number of nitrogens with one attached hydrogen (secondary N) is 1. The molecule has 0 amide bonds. The minimum atomic E-state index is 0.0197. The highest BCUT2D eigenvalue weighted by atomic mass is 14.9. The molecule has 22 heavy (non-hydrogen) atoms. The van der Waals surface area contributed by atoms with Gasteiger partial charge in [0.1, 0.15) is 0 Å². The van der Waals surface area contributed by atoms with Crippen LogP contribution in [0.4, 0.5) is 5.69 Å². The zero-order valence-electron chi connectivity index (χ0n) is 14.8. The van der Waals surface area contributed by atoms with Gasteiger partial charge in [-0.25, -0.2) is 0 Å². The van der Waals surface area contributed by atoms with Crippen LogP contribution in [0.15, 0.2) is 48.5 Å². The van der Waals surface area contributed by atoms with Gasteiger partial charge in [0.05, 0.1) is 0 Å². The van der Waals surface area contributed by atoms with Gasteiger partial charge in [-0.05, 0) is 48.6 Å². The molecule has 0 spiro atoms. The molecule has 0 aliphatic heterocycles. The van der Waals surface area contributed by atoms with Crippen molar-refractivity contribution in [3.8, 4) is 0 Å². The van der Waals surface area contributed by atoms with Crippen molar-refractivity contribution in [2.24, 2.45) is 0 Å². The number of anilines is 1. The van der Waals surface area contributed by atoms with Crippen LogP contribution in [0.1, 0.15) is 64.2 Å². The van der Waals surface area contributed by atoms with Crippen molar-refractivity contribution in [2.45, 2.75) is 58.9 Å². The Labute approximate surface area is 135 Å². The van der Waals surface area contributed by atoms with Gasteiger partial charge >= 0.3 is 0 Å². The fourth-order valence-corrected chi connectivity index (χ4v) is 2.77. The largest absolute Gasteiger partial charge is 0.383 e. The second kappa shape index (κ2) is 6.56. The zero-order chi connectivity index (χ0) is 16.3. The van der Waals surface area contributed by atoms with Crippen LogP contribution in [-0.2, 0) is 5.41 Å². The maximum Gasteiger partial charge on any atom is 0.0342 e. The van der Waals surface area contributed by atoms with Crippen molar-refractivity contribution >= 4 is 5.69 Å². The Morgan fingerprint density at radius 1 is 0.727 bits per heavy atom. The van der Waals surface area contributed by atoms with Gasteiger partial charge in [0.2, 0.25) is 0 Å². The summed E-state index contributed by atoms with van der Waals surface area (Å²) in [6, 6.07) is 18.4. The van der Waals surface area contributed by atoms with E-state index in [2.05, 4.69) is 95.4 Å². The normalized spacial score (nSPS) is 12.0. The van der Waals surface area contributed by atoms with Crippen molar-refractivity contribution in [2.75, 3.05) is 5.32 Å². The Morgan fingerprint density at radius 3 is 1.59 bits per heavy atom. The summed E-state index contributed by atoms with van der Waals surface area (Å²) in [6.45, 7) is 13.4. The molecule has 0 fully saturated rings. The molecule has 0 saturated heterocycles. The average Bonchev–Trinajstić information content (AvgIpc) is 2.47. The van der Waals surface area contributed by atoms with E-state index in [1.807, 2.05) is 0 Å². The second-order valence-electron chi connectivity index (χ2n) is 7.28. The number of rotatable bonds is 5. The molecule has 0 aromatic heterocycles. The average molecular weight is 295 g/mol. The van der Waals surface area contributed by atoms with E-state index in [-0.39, 0.29) is 5.41 Å². The third-order valence-corrected chi connectivity index (χ3v) is 4.36. The van der Waals surface area contributed by atoms with E-state index in [1.165, 1.54) is 22.4 Å². The van der Waals surface area contributed by atoms with Crippen LogP contribution in [-0.4, -0.2) is 6.04 Å². The first-order valence-electron chi connectivity index (χ1n) is 8.28. The Hall–Kier alpha value is -1.76. The highest BCUT2D eigenvalue weighted by Gasteiger charge is 2.23. The molecule has 0 heterocycles. The summed E-state index contributed by atoms with van der Waals surface area (Å²) >= 11 is 0. The van der Waals surface area contributed by atoms with Crippen molar-refractivity contribution in [1.82, 2.24) is 0 Å². The van der Waals surface area contributed by atoms with Gasteiger partial charge in [-0.15, -0.1) is 0 Å².